The van der Waals surface area contributed by atoms with E-state index in [1.165, 1.54) is 0 Å². The highest BCUT2D eigenvalue weighted by Gasteiger charge is 2.16. The van der Waals surface area contributed by atoms with E-state index in [1.54, 1.807) is 10.7 Å². The molecule has 1 heterocycles. The van der Waals surface area contributed by atoms with Crippen LogP contribution in [0.1, 0.15) is 36.6 Å². The summed E-state index contributed by atoms with van der Waals surface area (Å²) in [6, 6.07) is 7.39. The summed E-state index contributed by atoms with van der Waals surface area (Å²) in [4.78, 5) is 10.8. The van der Waals surface area contributed by atoms with Crippen LogP contribution in [0.3, 0.4) is 0 Å². The Morgan fingerprint density at radius 2 is 2.18 bits per heavy atom. The molecule has 0 spiro atoms. The topological polar surface area (TPSA) is 67.2 Å². The smallest absolute Gasteiger partial charge is 0.307 e. The molecule has 0 fully saturated rings. The van der Waals surface area contributed by atoms with E-state index < -0.39 is 5.97 Å². The van der Waals surface area contributed by atoms with Gasteiger partial charge in [-0.2, -0.15) is 5.10 Å². The Labute approximate surface area is 134 Å². The van der Waals surface area contributed by atoms with Crippen molar-refractivity contribution >= 4 is 23.3 Å². The molecule has 1 aromatic carbocycles. The fourth-order valence-electron chi connectivity index (χ4n) is 2.35. The molecule has 0 amide bonds. The molecule has 0 saturated heterocycles. The first-order chi connectivity index (χ1) is 10.4. The van der Waals surface area contributed by atoms with Gasteiger partial charge in [-0.3, -0.25) is 9.48 Å². The van der Waals surface area contributed by atoms with Crippen molar-refractivity contribution in [1.29, 1.82) is 0 Å². The number of hydrogen-bond acceptors (Lipinski definition) is 3. The van der Waals surface area contributed by atoms with Crippen LogP contribution in [0.15, 0.2) is 24.3 Å². The summed E-state index contributed by atoms with van der Waals surface area (Å²) in [5, 5.41) is 17.2. The molecule has 0 saturated carbocycles. The zero-order valence-corrected chi connectivity index (χ0v) is 13.7. The summed E-state index contributed by atoms with van der Waals surface area (Å²) in [5.41, 5.74) is 3.58. The van der Waals surface area contributed by atoms with E-state index in [4.69, 9.17) is 16.7 Å². The molecule has 118 valence electrons. The van der Waals surface area contributed by atoms with E-state index in [1.807, 2.05) is 25.2 Å². The molecule has 22 heavy (non-hydrogen) atoms. The van der Waals surface area contributed by atoms with Gasteiger partial charge in [0.05, 0.1) is 12.1 Å². The number of aromatic nitrogens is 2. The highest BCUT2D eigenvalue weighted by molar-refractivity contribution is 6.30. The minimum absolute atomic E-state index is 0.0143. The molecule has 0 atom stereocenters. The lowest BCUT2D eigenvalue weighted by Gasteiger charge is -2.10. The summed E-state index contributed by atoms with van der Waals surface area (Å²) in [5.74, 6) is -0.552. The third-order valence-corrected chi connectivity index (χ3v) is 3.87. The number of carbonyl (C=O) groups is 1. The van der Waals surface area contributed by atoms with Crippen LogP contribution >= 0.6 is 11.6 Å². The van der Waals surface area contributed by atoms with Gasteiger partial charge in [-0.05, 0) is 23.6 Å². The molecule has 0 unspecified atom stereocenters. The number of anilines is 1. The number of benzene rings is 1. The fraction of sp³-hybridized carbons (Fsp3) is 0.375. The summed E-state index contributed by atoms with van der Waals surface area (Å²) >= 11 is 6.31. The zero-order chi connectivity index (χ0) is 16.3. The molecule has 1 aromatic heterocycles. The van der Waals surface area contributed by atoms with E-state index in [2.05, 4.69) is 24.3 Å². The van der Waals surface area contributed by atoms with Crippen LogP contribution in [0.4, 0.5) is 5.69 Å². The number of halogens is 1. The van der Waals surface area contributed by atoms with E-state index in [9.17, 15) is 4.79 Å². The number of aliphatic carboxylic acids is 1. The Morgan fingerprint density at radius 3 is 2.82 bits per heavy atom. The van der Waals surface area contributed by atoms with Crippen molar-refractivity contribution in [2.24, 2.45) is 7.05 Å². The number of nitrogens with zero attached hydrogens (tertiary/aromatic N) is 2. The van der Waals surface area contributed by atoms with Crippen molar-refractivity contribution in [2.75, 3.05) is 5.32 Å². The summed E-state index contributed by atoms with van der Waals surface area (Å²) in [6.07, 6.45) is 0.0143. The van der Waals surface area contributed by atoms with E-state index >= 15 is 0 Å². The lowest BCUT2D eigenvalue weighted by atomic mass is 10.1. The third-order valence-electron chi connectivity index (χ3n) is 3.40. The van der Waals surface area contributed by atoms with Crippen molar-refractivity contribution in [3.8, 4) is 0 Å². The number of aryl methyl sites for hydroxylation is 1. The quantitative estimate of drug-likeness (QED) is 0.855. The SMILES string of the molecule is CC(C)c1nn(C)c(Cl)c1CNc1cccc(CC(=O)O)c1. The maximum atomic E-state index is 10.8. The predicted octanol–water partition coefficient (Wildman–Crippen LogP) is 3.44. The van der Waals surface area contributed by atoms with Gasteiger partial charge in [0.2, 0.25) is 0 Å². The molecule has 2 aromatic rings. The van der Waals surface area contributed by atoms with Crippen molar-refractivity contribution in [3.05, 3.63) is 46.2 Å². The number of rotatable bonds is 6. The van der Waals surface area contributed by atoms with Gasteiger partial charge >= 0.3 is 5.97 Å². The van der Waals surface area contributed by atoms with Gasteiger partial charge in [-0.1, -0.05) is 37.6 Å². The third kappa shape index (κ3) is 3.80. The predicted molar refractivity (Wildman–Crippen MR) is 87.4 cm³/mol. The Hall–Kier alpha value is -2.01. The van der Waals surface area contributed by atoms with E-state index in [0.29, 0.717) is 11.7 Å². The first-order valence-corrected chi connectivity index (χ1v) is 7.52. The second-order valence-electron chi connectivity index (χ2n) is 5.56. The van der Waals surface area contributed by atoms with E-state index in [-0.39, 0.29) is 12.3 Å². The van der Waals surface area contributed by atoms with Gasteiger partial charge in [0.1, 0.15) is 5.15 Å². The molecule has 2 rings (SSSR count). The molecule has 5 nitrogen and oxygen atoms in total. The molecule has 0 aliphatic rings. The van der Waals surface area contributed by atoms with Crippen LogP contribution in [0.25, 0.3) is 0 Å². The van der Waals surface area contributed by atoms with Gasteiger partial charge in [-0.25, -0.2) is 0 Å². The van der Waals surface area contributed by atoms with Gasteiger partial charge < -0.3 is 10.4 Å². The fourth-order valence-corrected chi connectivity index (χ4v) is 2.55. The Balaban J connectivity index is 2.15. The Kier molecular flexibility index (Phi) is 5.08. The van der Waals surface area contributed by atoms with Crippen LogP contribution in [-0.4, -0.2) is 20.9 Å². The minimum Gasteiger partial charge on any atom is -0.481 e. The van der Waals surface area contributed by atoms with Gasteiger partial charge in [0.25, 0.3) is 0 Å². The van der Waals surface area contributed by atoms with Crippen LogP contribution in [-0.2, 0) is 24.8 Å². The standard InChI is InChI=1S/C16H20ClN3O2/c1-10(2)15-13(16(17)20(3)19-15)9-18-12-6-4-5-11(7-12)8-14(21)22/h4-7,10,18H,8-9H2,1-3H3,(H,21,22). The maximum absolute atomic E-state index is 10.8. The highest BCUT2D eigenvalue weighted by atomic mass is 35.5. The number of hydrogen-bond donors (Lipinski definition) is 2. The van der Waals surface area contributed by atoms with Crippen molar-refractivity contribution < 1.29 is 9.90 Å². The second-order valence-corrected chi connectivity index (χ2v) is 5.92. The normalized spacial score (nSPS) is 11.0. The molecule has 2 N–H and O–H groups in total. The Bertz CT molecular complexity index is 680. The molecule has 0 aliphatic carbocycles. The van der Waals surface area contributed by atoms with Crippen LogP contribution in [0.2, 0.25) is 5.15 Å². The molecular formula is C16H20ClN3O2. The number of carboxylic acid groups (broad SMARTS) is 1. The summed E-state index contributed by atoms with van der Waals surface area (Å²) < 4.78 is 1.68. The van der Waals surface area contributed by atoms with Crippen LogP contribution in [0.5, 0.6) is 0 Å². The minimum atomic E-state index is -0.838. The summed E-state index contributed by atoms with van der Waals surface area (Å²) in [6.45, 7) is 4.71. The largest absolute Gasteiger partial charge is 0.481 e. The lowest BCUT2D eigenvalue weighted by molar-refractivity contribution is -0.136. The second kappa shape index (κ2) is 6.83. The van der Waals surface area contributed by atoms with Gasteiger partial charge in [0, 0.05) is 24.8 Å². The van der Waals surface area contributed by atoms with Crippen molar-refractivity contribution in [2.45, 2.75) is 32.7 Å². The number of carboxylic acids is 1. The molecular weight excluding hydrogens is 302 g/mol. The average molecular weight is 322 g/mol. The van der Waals surface area contributed by atoms with Crippen LogP contribution in [0, 0.1) is 0 Å². The highest BCUT2D eigenvalue weighted by Crippen LogP contribution is 2.26. The monoisotopic (exact) mass is 321 g/mol. The molecule has 6 heteroatoms. The average Bonchev–Trinajstić information content (AvgIpc) is 2.72. The summed E-state index contributed by atoms with van der Waals surface area (Å²) in [7, 11) is 1.82. The Morgan fingerprint density at radius 1 is 1.45 bits per heavy atom. The maximum Gasteiger partial charge on any atom is 0.307 e. The number of nitrogens with one attached hydrogen (secondary N) is 1. The molecule has 0 bridgehead atoms. The molecule has 0 aliphatic heterocycles. The first-order valence-electron chi connectivity index (χ1n) is 7.14. The van der Waals surface area contributed by atoms with Crippen molar-refractivity contribution in [3.63, 3.8) is 0 Å². The van der Waals surface area contributed by atoms with Gasteiger partial charge in [0.15, 0.2) is 0 Å². The first kappa shape index (κ1) is 16.4. The van der Waals surface area contributed by atoms with Gasteiger partial charge in [-0.15, -0.1) is 0 Å². The van der Waals surface area contributed by atoms with Crippen LogP contribution < -0.4 is 5.32 Å². The van der Waals surface area contributed by atoms with Crippen molar-refractivity contribution in [1.82, 2.24) is 9.78 Å². The zero-order valence-electron chi connectivity index (χ0n) is 12.9. The lowest BCUT2D eigenvalue weighted by Crippen LogP contribution is -2.04. The molecule has 0 radical (unpaired) electrons. The van der Waals surface area contributed by atoms with E-state index in [0.717, 1.165) is 22.5 Å².